The molecule has 8 nitrogen and oxygen atoms in total. The second-order valence-electron chi connectivity index (χ2n) is 8.45. The fraction of sp³-hybridized carbons (Fsp3) is 0.143. The number of carbonyl (C=O) groups excluding carboxylic acids is 4. The van der Waals surface area contributed by atoms with E-state index < -0.39 is 17.8 Å². The van der Waals surface area contributed by atoms with Crippen molar-refractivity contribution < 1.29 is 23.9 Å². The first-order valence-corrected chi connectivity index (χ1v) is 13.0. The Morgan fingerprint density at radius 1 is 0.897 bits per heavy atom. The van der Waals surface area contributed by atoms with Crippen LogP contribution in [0.5, 0.6) is 0 Å². The second kappa shape index (κ2) is 12.3. The molecule has 0 atom stereocenters. The first-order chi connectivity index (χ1) is 18.7. The molecule has 0 aromatic heterocycles. The van der Waals surface area contributed by atoms with Crippen molar-refractivity contribution in [3.05, 3.63) is 104 Å². The lowest BCUT2D eigenvalue weighted by atomic mass is 10.1. The maximum absolute atomic E-state index is 13.2. The molecule has 3 aromatic carbocycles. The number of benzene rings is 3. The number of halogens is 3. The van der Waals surface area contributed by atoms with Gasteiger partial charge in [0.25, 0.3) is 17.7 Å². The van der Waals surface area contributed by atoms with Crippen LogP contribution in [0.3, 0.4) is 0 Å². The third-order valence-corrected chi connectivity index (χ3v) is 6.59. The second-order valence-corrected chi connectivity index (χ2v) is 9.67. The molecular formula is C28H22Cl3N3O5. The molecule has 0 spiro atoms. The number of rotatable bonds is 9. The van der Waals surface area contributed by atoms with E-state index in [1.54, 1.807) is 36.4 Å². The third kappa shape index (κ3) is 6.42. The molecule has 1 aliphatic rings. The predicted molar refractivity (Wildman–Crippen MR) is 150 cm³/mol. The number of hydrogen-bond acceptors (Lipinski definition) is 6. The highest BCUT2D eigenvalue weighted by molar-refractivity contribution is 6.53. The Balaban J connectivity index is 1.48. The summed E-state index contributed by atoms with van der Waals surface area (Å²) in [7, 11) is 0. The molecule has 0 unspecified atom stereocenters. The van der Waals surface area contributed by atoms with Crippen LogP contribution in [0, 0.1) is 0 Å². The van der Waals surface area contributed by atoms with Crippen LogP contribution in [0.1, 0.15) is 39.6 Å². The van der Waals surface area contributed by atoms with Crippen molar-refractivity contribution in [2.75, 3.05) is 16.8 Å². The van der Waals surface area contributed by atoms with Crippen molar-refractivity contribution in [1.29, 1.82) is 0 Å². The number of nitrogens with one attached hydrogen (secondary N) is 2. The highest BCUT2D eigenvalue weighted by Crippen LogP contribution is 2.31. The fourth-order valence-corrected chi connectivity index (χ4v) is 4.41. The molecule has 3 amide bonds. The van der Waals surface area contributed by atoms with Crippen LogP contribution >= 0.6 is 34.8 Å². The van der Waals surface area contributed by atoms with Crippen molar-refractivity contribution >= 4 is 69.9 Å². The lowest BCUT2D eigenvalue weighted by Crippen LogP contribution is -2.32. The van der Waals surface area contributed by atoms with Gasteiger partial charge in [-0.3, -0.25) is 14.4 Å². The first kappa shape index (κ1) is 28.2. The summed E-state index contributed by atoms with van der Waals surface area (Å²) >= 11 is 18.3. The van der Waals surface area contributed by atoms with Gasteiger partial charge in [-0.1, -0.05) is 59.9 Å². The van der Waals surface area contributed by atoms with E-state index in [-0.39, 0.29) is 41.0 Å². The Morgan fingerprint density at radius 3 is 2.38 bits per heavy atom. The summed E-state index contributed by atoms with van der Waals surface area (Å²) in [6.07, 6.45) is 0.655. The van der Waals surface area contributed by atoms with Gasteiger partial charge in [0, 0.05) is 27.8 Å². The van der Waals surface area contributed by atoms with Gasteiger partial charge in [0.05, 0.1) is 17.9 Å². The molecule has 0 aliphatic carbocycles. The van der Waals surface area contributed by atoms with Crippen molar-refractivity contribution in [3.8, 4) is 0 Å². The minimum absolute atomic E-state index is 0.161. The zero-order chi connectivity index (χ0) is 28.1. The number of hydrogen-bond donors (Lipinski definition) is 2. The minimum Gasteiger partial charge on any atom is -0.462 e. The van der Waals surface area contributed by atoms with Gasteiger partial charge in [-0.05, 0) is 60.5 Å². The number of carbonyl (C=O) groups is 4. The SMILES string of the molecule is CCCOC(=O)c1cccc(N2C(=O)C(Cl)=C(Nc3cccc(C(=O)NCc4ccc(Cl)cc4Cl)c3)C2=O)c1. The highest BCUT2D eigenvalue weighted by Gasteiger charge is 2.39. The topological polar surface area (TPSA) is 105 Å². The van der Waals surface area contributed by atoms with Crippen molar-refractivity contribution in [2.24, 2.45) is 0 Å². The molecule has 39 heavy (non-hydrogen) atoms. The fourth-order valence-electron chi connectivity index (χ4n) is 3.72. The average molecular weight is 587 g/mol. The smallest absolute Gasteiger partial charge is 0.338 e. The lowest BCUT2D eigenvalue weighted by Gasteiger charge is -2.16. The summed E-state index contributed by atoms with van der Waals surface area (Å²) in [6, 6.07) is 17.3. The number of imide groups is 1. The van der Waals surface area contributed by atoms with Gasteiger partial charge in [-0.15, -0.1) is 0 Å². The Kier molecular flexibility index (Phi) is 8.91. The Morgan fingerprint density at radius 2 is 1.64 bits per heavy atom. The zero-order valence-electron chi connectivity index (χ0n) is 20.6. The highest BCUT2D eigenvalue weighted by atomic mass is 35.5. The summed E-state index contributed by atoms with van der Waals surface area (Å²) < 4.78 is 5.13. The third-order valence-electron chi connectivity index (χ3n) is 5.65. The van der Waals surface area contributed by atoms with Crippen molar-refractivity contribution in [1.82, 2.24) is 5.32 Å². The number of esters is 1. The molecule has 0 radical (unpaired) electrons. The largest absolute Gasteiger partial charge is 0.462 e. The lowest BCUT2D eigenvalue weighted by molar-refractivity contribution is -0.120. The first-order valence-electron chi connectivity index (χ1n) is 11.8. The number of amides is 3. The molecule has 0 saturated carbocycles. The van der Waals surface area contributed by atoms with Gasteiger partial charge in [0.15, 0.2) is 0 Å². The van der Waals surface area contributed by atoms with E-state index in [1.807, 2.05) is 6.92 Å². The Bertz CT molecular complexity index is 1510. The number of ether oxygens (including phenoxy) is 1. The van der Waals surface area contributed by atoms with E-state index in [4.69, 9.17) is 39.5 Å². The molecule has 0 fully saturated rings. The normalized spacial score (nSPS) is 13.1. The number of nitrogens with zero attached hydrogens (tertiary/aromatic N) is 1. The average Bonchev–Trinajstić information content (AvgIpc) is 3.14. The minimum atomic E-state index is -0.753. The molecule has 3 aromatic rings. The Labute approximate surface area is 239 Å². The molecule has 200 valence electrons. The van der Waals surface area contributed by atoms with Crippen molar-refractivity contribution in [3.63, 3.8) is 0 Å². The molecule has 1 aliphatic heterocycles. The molecule has 1 heterocycles. The van der Waals surface area contributed by atoms with Gasteiger partial charge < -0.3 is 15.4 Å². The summed E-state index contributed by atoms with van der Waals surface area (Å²) in [5.41, 5.74) is 1.55. The molecule has 2 N–H and O–H groups in total. The predicted octanol–water partition coefficient (Wildman–Crippen LogP) is 5.93. The van der Waals surface area contributed by atoms with Gasteiger partial charge in [-0.25, -0.2) is 9.69 Å². The van der Waals surface area contributed by atoms with Crippen LogP contribution in [-0.2, 0) is 20.9 Å². The van der Waals surface area contributed by atoms with E-state index in [0.717, 1.165) is 4.90 Å². The van der Waals surface area contributed by atoms with Crippen LogP contribution < -0.4 is 15.5 Å². The van der Waals surface area contributed by atoms with Gasteiger partial charge in [0.1, 0.15) is 10.7 Å². The standard InChI is InChI=1S/C28H22Cl3N3O5/c1-2-11-39-28(38)17-6-4-8-21(13-17)34-26(36)23(31)24(27(34)37)33-20-7-3-5-16(12-20)25(35)32-15-18-9-10-19(29)14-22(18)30/h3-10,12-14,33H,2,11,15H2,1H3,(H,32,35). The molecular weight excluding hydrogens is 565 g/mol. The molecule has 0 bridgehead atoms. The van der Waals surface area contributed by atoms with Crippen LogP contribution in [0.25, 0.3) is 0 Å². The molecule has 11 heteroatoms. The summed E-state index contributed by atoms with van der Waals surface area (Å²) in [5, 5.41) is 6.21. The zero-order valence-corrected chi connectivity index (χ0v) is 22.9. The van der Waals surface area contributed by atoms with Gasteiger partial charge in [0.2, 0.25) is 0 Å². The van der Waals surface area contributed by atoms with Crippen molar-refractivity contribution in [2.45, 2.75) is 19.9 Å². The van der Waals surface area contributed by atoms with Crippen LogP contribution in [0.15, 0.2) is 77.5 Å². The monoisotopic (exact) mass is 585 g/mol. The molecule has 0 saturated heterocycles. The summed E-state index contributed by atoms with van der Waals surface area (Å²) in [4.78, 5) is 51.9. The number of anilines is 2. The van der Waals surface area contributed by atoms with E-state index in [1.165, 1.54) is 30.3 Å². The van der Waals surface area contributed by atoms with Gasteiger partial charge in [-0.2, -0.15) is 0 Å². The van der Waals surface area contributed by atoms with E-state index in [9.17, 15) is 19.2 Å². The maximum atomic E-state index is 13.2. The van der Waals surface area contributed by atoms with Crippen LogP contribution in [0.2, 0.25) is 10.0 Å². The Hall–Kier alpha value is -3.85. The van der Waals surface area contributed by atoms with Gasteiger partial charge >= 0.3 is 5.97 Å². The van der Waals surface area contributed by atoms with E-state index in [0.29, 0.717) is 33.3 Å². The maximum Gasteiger partial charge on any atom is 0.338 e. The quantitative estimate of drug-likeness (QED) is 0.238. The van der Waals surface area contributed by atoms with E-state index >= 15 is 0 Å². The molecule has 4 rings (SSSR count). The summed E-state index contributed by atoms with van der Waals surface area (Å²) in [5.74, 6) is -2.41. The van der Waals surface area contributed by atoms with Crippen LogP contribution in [-0.4, -0.2) is 30.3 Å². The summed E-state index contributed by atoms with van der Waals surface area (Å²) in [6.45, 7) is 2.29. The van der Waals surface area contributed by atoms with E-state index in [2.05, 4.69) is 10.6 Å². The van der Waals surface area contributed by atoms with Crippen LogP contribution in [0.4, 0.5) is 11.4 Å².